The van der Waals surface area contributed by atoms with Crippen molar-refractivity contribution < 1.29 is 9.85 Å². The normalized spacial score (nSPS) is 5.86. The fraction of sp³-hybridized carbons (Fsp3) is 0.455. The van der Waals surface area contributed by atoms with Crippen molar-refractivity contribution in [2.24, 2.45) is 5.73 Å². The molecule has 0 radical (unpaired) electrons. The topological polar surface area (TPSA) is 112 Å². The molecule has 0 fully saturated rings. The van der Waals surface area contributed by atoms with Gasteiger partial charge >= 0.3 is 0 Å². The molecule has 6 rings (SSSR count). The van der Waals surface area contributed by atoms with Gasteiger partial charge in [0, 0.05) is 9.85 Å². The highest BCUT2D eigenvalue weighted by atomic mass is 16.6. The van der Waals surface area contributed by atoms with E-state index in [9.17, 15) is 0 Å². The van der Waals surface area contributed by atoms with Crippen LogP contribution in [0.15, 0.2) is 218 Å². The Morgan fingerprint density at radius 3 is 0.260 bits per heavy atom. The molecule has 6 aromatic carbocycles. The van der Waals surface area contributed by atoms with Crippen molar-refractivity contribution >= 4 is 0 Å². The summed E-state index contributed by atoms with van der Waals surface area (Å²) < 4.78 is 0. The van der Waals surface area contributed by atoms with Gasteiger partial charge in [0.25, 0.3) is 0 Å². The van der Waals surface area contributed by atoms with Crippen LogP contribution in [-0.2, 0) is 0 Å². The minimum atomic E-state index is -0.500. The van der Waals surface area contributed by atoms with Crippen LogP contribution < -0.4 is 5.73 Å². The lowest BCUT2D eigenvalue weighted by Crippen LogP contribution is -1.79. The van der Waals surface area contributed by atoms with Crippen LogP contribution in [0.3, 0.4) is 0 Å². The quantitative estimate of drug-likeness (QED) is 0.120. The Balaban J connectivity index is -0.0000000278. The summed E-state index contributed by atoms with van der Waals surface area (Å²) in [6, 6.07) is 72.0. The first-order valence-electron chi connectivity index (χ1n) is 25.0. The third-order valence-corrected chi connectivity index (χ3v) is 4.00. The second-order valence-corrected chi connectivity index (χ2v) is 9.22. The van der Waals surface area contributed by atoms with Crippen LogP contribution >= 0.6 is 0 Å². The summed E-state index contributed by atoms with van der Waals surface area (Å²) in [5.74, 6) is 0. The zero-order chi connectivity index (χ0) is 56.0. The monoisotopic (exact) mass is 1030 g/mol. The lowest BCUT2D eigenvalue weighted by molar-refractivity contribution is -0.445. The van der Waals surface area contributed by atoms with E-state index in [4.69, 9.17) is 20.2 Å². The number of nitro groups is 2. The average molecular weight is 1030 g/mol. The van der Waals surface area contributed by atoms with Gasteiger partial charge in [-0.15, -0.1) is 0 Å². The van der Waals surface area contributed by atoms with Crippen molar-refractivity contribution in [3.63, 3.8) is 0 Å². The standard InChI is InChI=1S/6C6H6.2C3H8.8C2H6.2CH3NO2.CH5N.5CH4/c6*1-2-4-6-5-3-1;2*1-3-2;8*1-2;2*1-2(3)4;1-2;;;;;/h6*1-6H;2*3H2,1-2H3;8*1-2H3;2*1H3;2H2,1H3;5*1H4. The molecule has 7 heteroatoms. The molecule has 434 valence electrons. The molecule has 0 amide bonds. The summed E-state index contributed by atoms with van der Waals surface area (Å²) in [7, 11) is 3.28. The second-order valence-electron chi connectivity index (χ2n) is 9.22. The zero-order valence-corrected chi connectivity index (χ0v) is 48.3. The van der Waals surface area contributed by atoms with Gasteiger partial charge in [-0.1, -0.05) is 407 Å². The van der Waals surface area contributed by atoms with Crippen molar-refractivity contribution in [1.29, 1.82) is 0 Å². The first kappa shape index (κ1) is 122. The van der Waals surface area contributed by atoms with Gasteiger partial charge in [0.1, 0.15) is 0 Å². The molecule has 73 heavy (non-hydrogen) atoms. The highest BCUT2D eigenvalue weighted by molar-refractivity contribution is 5.02. The van der Waals surface area contributed by atoms with E-state index in [2.05, 4.69) is 33.4 Å². The number of nitrogens with two attached hydrogens (primary N) is 1. The van der Waals surface area contributed by atoms with E-state index in [1.807, 2.05) is 329 Å². The molecule has 0 saturated heterocycles. The molecule has 0 aliphatic rings. The summed E-state index contributed by atoms with van der Waals surface area (Å²) in [5, 5.41) is 17.6. The van der Waals surface area contributed by atoms with Gasteiger partial charge in [-0.05, 0) is 7.05 Å². The minimum Gasteiger partial charge on any atom is -0.333 e. The van der Waals surface area contributed by atoms with Gasteiger partial charge in [0.2, 0.25) is 0 Å². The number of hydrogen-bond donors (Lipinski definition) is 1. The van der Waals surface area contributed by atoms with Crippen LogP contribution in [0.1, 0.15) is 188 Å². The van der Waals surface area contributed by atoms with Crippen molar-refractivity contribution in [2.45, 2.75) is 188 Å². The third kappa shape index (κ3) is 300. The van der Waals surface area contributed by atoms with E-state index in [-0.39, 0.29) is 37.1 Å². The third-order valence-electron chi connectivity index (χ3n) is 4.00. The molecule has 2 N–H and O–H groups in total. The first-order valence-corrected chi connectivity index (χ1v) is 25.0. The van der Waals surface area contributed by atoms with Gasteiger partial charge in [0.15, 0.2) is 14.1 Å². The largest absolute Gasteiger partial charge is 0.333 e. The van der Waals surface area contributed by atoms with Crippen LogP contribution in [0.5, 0.6) is 0 Å². The summed E-state index contributed by atoms with van der Waals surface area (Å²) in [5.41, 5.74) is 4.50. The predicted octanol–water partition coefficient (Wildman–Crippen LogP) is 23.7. The highest BCUT2D eigenvalue weighted by Gasteiger charge is 1.61. The molecule has 0 heterocycles. The van der Waals surface area contributed by atoms with E-state index >= 15 is 0 Å². The Kier molecular flexibility index (Phi) is 321. The molecule has 0 aliphatic carbocycles. The van der Waals surface area contributed by atoms with Crippen molar-refractivity contribution in [2.75, 3.05) is 21.1 Å². The van der Waals surface area contributed by atoms with Gasteiger partial charge < -0.3 is 5.73 Å². The maximum atomic E-state index is 8.81. The minimum absolute atomic E-state index is 0. The molecule has 6 aromatic rings. The zero-order valence-electron chi connectivity index (χ0n) is 48.3. The molecule has 0 spiro atoms. The van der Waals surface area contributed by atoms with E-state index in [1.165, 1.54) is 19.9 Å². The van der Waals surface area contributed by atoms with Crippen LogP contribution in [0, 0.1) is 20.2 Å². The van der Waals surface area contributed by atoms with Crippen LogP contribution in [0.2, 0.25) is 0 Å². The Labute approximate surface area is 461 Å². The van der Waals surface area contributed by atoms with E-state index in [1.54, 1.807) is 0 Å². The van der Waals surface area contributed by atoms with Gasteiger partial charge in [-0.2, -0.15) is 0 Å². The van der Waals surface area contributed by atoms with Crippen LogP contribution in [0.25, 0.3) is 0 Å². The molecular formula is C66H131N3O4. The van der Waals surface area contributed by atoms with Crippen LogP contribution in [-0.4, -0.2) is 31.0 Å². The number of hydrogen-bond acceptors (Lipinski definition) is 5. The fourth-order valence-corrected chi connectivity index (χ4v) is 2.31. The molecule has 0 atom stereocenters. The highest BCUT2D eigenvalue weighted by Crippen LogP contribution is 1.83. The maximum Gasteiger partial charge on any atom is 0.194 e. The molecule has 7 nitrogen and oxygen atoms in total. The van der Waals surface area contributed by atoms with E-state index in [0.717, 1.165) is 14.1 Å². The Hall–Kier alpha value is -5.92. The summed E-state index contributed by atoms with van der Waals surface area (Å²) in [4.78, 5) is 16.6. The van der Waals surface area contributed by atoms with Gasteiger partial charge in [-0.25, -0.2) is 0 Å². The molecule has 0 bridgehead atoms. The van der Waals surface area contributed by atoms with Crippen molar-refractivity contribution in [1.82, 2.24) is 0 Å². The molecule has 0 saturated carbocycles. The van der Waals surface area contributed by atoms with Gasteiger partial charge in [0.05, 0.1) is 0 Å². The number of rotatable bonds is 0. The first-order chi connectivity index (χ1) is 33.3. The number of nitrogens with zero attached hydrogens (tertiary/aromatic N) is 2. The lowest BCUT2D eigenvalue weighted by atomic mass is 10.4. The smallest absolute Gasteiger partial charge is 0.194 e. The van der Waals surface area contributed by atoms with E-state index < -0.39 is 9.85 Å². The summed E-state index contributed by atoms with van der Waals surface area (Å²) >= 11 is 0. The summed E-state index contributed by atoms with van der Waals surface area (Å²) in [6.45, 7) is 40.5. The van der Waals surface area contributed by atoms with Gasteiger partial charge in [-0.3, -0.25) is 20.2 Å². The van der Waals surface area contributed by atoms with Crippen molar-refractivity contribution in [3.05, 3.63) is 239 Å². The van der Waals surface area contributed by atoms with Crippen molar-refractivity contribution in [3.8, 4) is 0 Å². The second kappa shape index (κ2) is 193. The molecule has 0 aliphatic heterocycles. The maximum absolute atomic E-state index is 8.81. The lowest BCUT2D eigenvalue weighted by Gasteiger charge is -1.69. The fourth-order valence-electron chi connectivity index (χ4n) is 2.31. The Morgan fingerprint density at radius 1 is 0.233 bits per heavy atom. The SMILES string of the molecule is C.C.C.C.C.CC.CC.CC.CC.CC.CC.CC.CC.CCC.CCC.CN.C[N+](=O)[O-].C[N+](=O)[O-].c1ccccc1.c1ccccc1.c1ccccc1.c1ccccc1.c1ccccc1.c1ccccc1. The molecule has 0 unspecified atom stereocenters. The van der Waals surface area contributed by atoms with E-state index in [0.29, 0.717) is 0 Å². The Bertz CT molecular complexity index is 913. The molecule has 0 aromatic heterocycles. The van der Waals surface area contributed by atoms with Crippen LogP contribution in [0.4, 0.5) is 0 Å². The predicted molar refractivity (Wildman–Crippen MR) is 351 cm³/mol. The Morgan fingerprint density at radius 2 is 0.247 bits per heavy atom. The number of benzene rings is 6. The summed E-state index contributed by atoms with van der Waals surface area (Å²) in [6.07, 6.45) is 2.50. The average Bonchev–Trinajstić information content (AvgIpc) is 3.45. The molecular weight excluding hydrogens is 899 g/mol.